The fraction of sp³-hybridized carbons (Fsp3) is 0.818. The van der Waals surface area contributed by atoms with E-state index < -0.39 is 12.0 Å². The van der Waals surface area contributed by atoms with E-state index in [-0.39, 0.29) is 5.91 Å². The molecule has 0 aromatic heterocycles. The van der Waals surface area contributed by atoms with Crippen molar-refractivity contribution in [3.63, 3.8) is 0 Å². The van der Waals surface area contributed by atoms with E-state index in [4.69, 9.17) is 5.11 Å². The Morgan fingerprint density at radius 3 is 2.19 bits per heavy atom. The summed E-state index contributed by atoms with van der Waals surface area (Å²) in [5.41, 5.74) is 0. The van der Waals surface area contributed by atoms with Crippen LogP contribution in [0.15, 0.2) is 0 Å². The van der Waals surface area contributed by atoms with Gasteiger partial charge < -0.3 is 14.9 Å². The maximum absolute atomic E-state index is 10.8. The summed E-state index contributed by atoms with van der Waals surface area (Å²) in [6, 6.07) is -0.745. The predicted molar refractivity (Wildman–Crippen MR) is 62.0 cm³/mol. The van der Waals surface area contributed by atoms with E-state index in [2.05, 4.69) is 26.5 Å². The lowest BCUT2D eigenvalue weighted by Gasteiger charge is -2.24. The number of unbranched alkanes of at least 4 members (excludes halogenated alkanes) is 1. The van der Waals surface area contributed by atoms with Crippen molar-refractivity contribution in [2.24, 2.45) is 0 Å². The third-order valence-electron chi connectivity index (χ3n) is 2.25. The SMILES string of the molecule is CC(=O)NC(CCCC[N+](C)(C)C)C(=O)O. The monoisotopic (exact) mass is 231 g/mol. The Morgan fingerprint density at radius 1 is 1.25 bits per heavy atom. The van der Waals surface area contributed by atoms with Crippen LogP contribution in [0.25, 0.3) is 0 Å². The second kappa shape index (κ2) is 6.48. The molecule has 94 valence electrons. The van der Waals surface area contributed by atoms with E-state index in [1.807, 2.05) is 0 Å². The van der Waals surface area contributed by atoms with E-state index in [1.54, 1.807) is 0 Å². The number of hydrogen-bond donors (Lipinski definition) is 2. The first kappa shape index (κ1) is 14.9. The van der Waals surface area contributed by atoms with Crippen LogP contribution in [0.3, 0.4) is 0 Å². The van der Waals surface area contributed by atoms with Crippen molar-refractivity contribution in [1.29, 1.82) is 0 Å². The summed E-state index contributed by atoms with van der Waals surface area (Å²) < 4.78 is 0.873. The van der Waals surface area contributed by atoms with Gasteiger partial charge in [0.1, 0.15) is 6.04 Å². The van der Waals surface area contributed by atoms with Crippen molar-refractivity contribution in [2.75, 3.05) is 27.7 Å². The molecule has 5 heteroatoms. The largest absolute Gasteiger partial charge is 0.480 e. The number of aliphatic carboxylic acids is 1. The zero-order chi connectivity index (χ0) is 12.8. The number of amides is 1. The molecule has 0 heterocycles. The standard InChI is InChI=1S/C11H22N2O3/c1-9(14)12-10(11(15)16)7-5-6-8-13(2,3)4/h10H,5-8H2,1-4H3,(H-,12,14,15,16)/p+1. The van der Waals surface area contributed by atoms with Gasteiger partial charge in [-0.05, 0) is 19.3 Å². The summed E-state index contributed by atoms with van der Waals surface area (Å²) >= 11 is 0. The van der Waals surface area contributed by atoms with Gasteiger partial charge in [-0.15, -0.1) is 0 Å². The Hall–Kier alpha value is -1.10. The van der Waals surface area contributed by atoms with Crippen molar-refractivity contribution in [2.45, 2.75) is 32.2 Å². The van der Waals surface area contributed by atoms with Crippen LogP contribution in [0, 0.1) is 0 Å². The quantitative estimate of drug-likeness (QED) is 0.494. The molecule has 0 saturated heterocycles. The Labute approximate surface area is 97.0 Å². The van der Waals surface area contributed by atoms with Crippen molar-refractivity contribution < 1.29 is 19.2 Å². The van der Waals surface area contributed by atoms with Crippen LogP contribution in [0.4, 0.5) is 0 Å². The highest BCUT2D eigenvalue weighted by molar-refractivity contribution is 5.81. The minimum atomic E-state index is -0.958. The number of carboxylic acid groups (broad SMARTS) is 1. The van der Waals surface area contributed by atoms with Crippen LogP contribution in [-0.4, -0.2) is 55.2 Å². The van der Waals surface area contributed by atoms with Crippen LogP contribution >= 0.6 is 0 Å². The van der Waals surface area contributed by atoms with Gasteiger partial charge in [0.25, 0.3) is 0 Å². The number of nitrogens with one attached hydrogen (secondary N) is 1. The van der Waals surface area contributed by atoms with Gasteiger partial charge >= 0.3 is 5.97 Å². The molecule has 1 amide bonds. The molecule has 0 saturated carbocycles. The summed E-state index contributed by atoms with van der Waals surface area (Å²) in [6.45, 7) is 2.34. The first-order valence-electron chi connectivity index (χ1n) is 5.53. The molecule has 1 atom stereocenters. The highest BCUT2D eigenvalue weighted by atomic mass is 16.4. The van der Waals surface area contributed by atoms with E-state index in [0.29, 0.717) is 6.42 Å². The molecule has 16 heavy (non-hydrogen) atoms. The summed E-state index contributed by atoms with van der Waals surface area (Å²) in [7, 11) is 6.30. The molecule has 2 N–H and O–H groups in total. The number of rotatable bonds is 7. The minimum absolute atomic E-state index is 0.293. The van der Waals surface area contributed by atoms with Gasteiger partial charge in [-0.3, -0.25) is 4.79 Å². The second-order valence-corrected chi connectivity index (χ2v) is 5.10. The Kier molecular flexibility index (Phi) is 6.03. The van der Waals surface area contributed by atoms with Gasteiger partial charge in [0.05, 0.1) is 27.7 Å². The van der Waals surface area contributed by atoms with Crippen molar-refractivity contribution in [1.82, 2.24) is 5.32 Å². The lowest BCUT2D eigenvalue weighted by atomic mass is 10.1. The van der Waals surface area contributed by atoms with Gasteiger partial charge in [0, 0.05) is 6.92 Å². The Bertz CT molecular complexity index is 246. The predicted octanol–water partition coefficient (Wildman–Crippen LogP) is 0.452. The number of hydrogen-bond acceptors (Lipinski definition) is 2. The minimum Gasteiger partial charge on any atom is -0.480 e. The summed E-state index contributed by atoms with van der Waals surface area (Å²) in [5.74, 6) is -1.25. The Morgan fingerprint density at radius 2 is 1.81 bits per heavy atom. The van der Waals surface area contributed by atoms with Gasteiger partial charge in [-0.2, -0.15) is 0 Å². The maximum Gasteiger partial charge on any atom is 0.326 e. The molecule has 0 aliphatic heterocycles. The number of quaternary nitrogens is 1. The Balaban J connectivity index is 3.86. The van der Waals surface area contributed by atoms with Gasteiger partial charge in [0.15, 0.2) is 0 Å². The highest BCUT2D eigenvalue weighted by Gasteiger charge is 2.18. The molecule has 0 fully saturated rings. The second-order valence-electron chi connectivity index (χ2n) is 5.10. The molecule has 5 nitrogen and oxygen atoms in total. The average Bonchev–Trinajstić information content (AvgIpc) is 2.07. The summed E-state index contributed by atoms with van der Waals surface area (Å²) in [6.07, 6.45) is 2.27. The molecular weight excluding hydrogens is 208 g/mol. The highest BCUT2D eigenvalue weighted by Crippen LogP contribution is 2.04. The van der Waals surface area contributed by atoms with Crippen LogP contribution in [0.5, 0.6) is 0 Å². The third kappa shape index (κ3) is 8.23. The van der Waals surface area contributed by atoms with Crippen molar-refractivity contribution in [3.05, 3.63) is 0 Å². The number of carbonyl (C=O) groups excluding carboxylic acids is 1. The van der Waals surface area contributed by atoms with Crippen molar-refractivity contribution in [3.8, 4) is 0 Å². The molecule has 0 radical (unpaired) electrons. The maximum atomic E-state index is 10.8. The van der Waals surface area contributed by atoms with Crippen LogP contribution in [0.1, 0.15) is 26.2 Å². The van der Waals surface area contributed by atoms with Gasteiger partial charge in [0.2, 0.25) is 5.91 Å². The summed E-state index contributed by atoms with van der Waals surface area (Å²) in [4.78, 5) is 21.6. The molecule has 0 spiro atoms. The lowest BCUT2D eigenvalue weighted by Crippen LogP contribution is -2.40. The average molecular weight is 231 g/mol. The van der Waals surface area contributed by atoms with Crippen LogP contribution < -0.4 is 5.32 Å². The lowest BCUT2D eigenvalue weighted by molar-refractivity contribution is -0.870. The van der Waals surface area contributed by atoms with Crippen LogP contribution in [-0.2, 0) is 9.59 Å². The molecule has 0 aromatic rings. The number of nitrogens with zero attached hydrogens (tertiary/aromatic N) is 1. The molecular formula is C11H23N2O3+. The van der Waals surface area contributed by atoms with E-state index in [1.165, 1.54) is 6.92 Å². The third-order valence-corrected chi connectivity index (χ3v) is 2.25. The number of carboxylic acids is 1. The molecule has 0 aliphatic rings. The fourth-order valence-corrected chi connectivity index (χ4v) is 1.44. The van der Waals surface area contributed by atoms with E-state index in [0.717, 1.165) is 23.9 Å². The van der Waals surface area contributed by atoms with Gasteiger partial charge in [-0.1, -0.05) is 0 Å². The first-order chi connectivity index (χ1) is 7.22. The zero-order valence-corrected chi connectivity index (χ0v) is 10.6. The molecule has 0 aliphatic carbocycles. The van der Waals surface area contributed by atoms with Crippen molar-refractivity contribution >= 4 is 11.9 Å². The molecule has 0 rings (SSSR count). The number of carbonyl (C=O) groups is 2. The van der Waals surface area contributed by atoms with E-state index in [9.17, 15) is 9.59 Å². The zero-order valence-electron chi connectivity index (χ0n) is 10.6. The van der Waals surface area contributed by atoms with Crippen LogP contribution in [0.2, 0.25) is 0 Å². The molecule has 0 bridgehead atoms. The smallest absolute Gasteiger partial charge is 0.326 e. The molecule has 0 aromatic carbocycles. The van der Waals surface area contributed by atoms with E-state index >= 15 is 0 Å². The first-order valence-corrected chi connectivity index (χ1v) is 5.53. The fourth-order valence-electron chi connectivity index (χ4n) is 1.44. The normalized spacial score (nSPS) is 13.2. The van der Waals surface area contributed by atoms with Gasteiger partial charge in [-0.25, -0.2) is 4.79 Å². The summed E-state index contributed by atoms with van der Waals surface area (Å²) in [5, 5.41) is 11.3. The topological polar surface area (TPSA) is 66.4 Å². The molecule has 1 unspecified atom stereocenters.